The van der Waals surface area contributed by atoms with Crippen molar-refractivity contribution in [2.24, 2.45) is 5.92 Å². The van der Waals surface area contributed by atoms with Crippen molar-refractivity contribution in [1.29, 1.82) is 0 Å². The van der Waals surface area contributed by atoms with E-state index >= 15 is 0 Å². The third-order valence-corrected chi connectivity index (χ3v) is 4.02. The summed E-state index contributed by atoms with van der Waals surface area (Å²) in [4.78, 5) is 11.1. The molecule has 1 unspecified atom stereocenters. The van der Waals surface area contributed by atoms with Gasteiger partial charge in [-0.05, 0) is 24.8 Å². The summed E-state index contributed by atoms with van der Waals surface area (Å²) in [6, 6.07) is 5.54. The predicted molar refractivity (Wildman–Crippen MR) is 79.8 cm³/mol. The number of ether oxygens (including phenoxy) is 2. The Morgan fingerprint density at radius 3 is 2.55 bits per heavy atom. The van der Waals surface area contributed by atoms with E-state index in [0.717, 1.165) is 16.9 Å². The summed E-state index contributed by atoms with van der Waals surface area (Å²) in [6.07, 6.45) is 3.77. The molecule has 0 radical (unpaired) electrons. The minimum Gasteiger partial charge on any atom is -0.497 e. The molecule has 1 aliphatic carbocycles. The molecule has 1 atom stereocenters. The minimum atomic E-state index is -0.735. The molecule has 22 heavy (non-hydrogen) atoms. The van der Waals surface area contributed by atoms with Crippen molar-refractivity contribution in [3.63, 3.8) is 0 Å². The van der Waals surface area contributed by atoms with Crippen LogP contribution < -0.4 is 9.47 Å². The molecule has 6 heteroatoms. The predicted octanol–water partition coefficient (Wildman–Crippen LogP) is 2.08. The molecule has 6 nitrogen and oxygen atoms in total. The average molecular weight is 302 g/mol. The summed E-state index contributed by atoms with van der Waals surface area (Å²) in [5.41, 5.74) is 2.80. The Bertz CT molecular complexity index is 686. The van der Waals surface area contributed by atoms with Crippen LogP contribution in [0.1, 0.15) is 17.7 Å². The molecule has 116 valence electrons. The van der Waals surface area contributed by atoms with Crippen molar-refractivity contribution >= 4 is 5.97 Å². The Balaban J connectivity index is 1.96. The number of carboxylic acids is 1. The van der Waals surface area contributed by atoms with Gasteiger partial charge in [0.05, 0.1) is 31.5 Å². The monoisotopic (exact) mass is 302 g/mol. The van der Waals surface area contributed by atoms with E-state index in [2.05, 4.69) is 5.10 Å². The molecule has 1 aromatic heterocycles. The van der Waals surface area contributed by atoms with E-state index in [1.807, 2.05) is 18.3 Å². The summed E-state index contributed by atoms with van der Waals surface area (Å²) in [7, 11) is 3.20. The highest BCUT2D eigenvalue weighted by molar-refractivity contribution is 5.70. The van der Waals surface area contributed by atoms with E-state index < -0.39 is 5.97 Å². The van der Waals surface area contributed by atoms with Gasteiger partial charge in [0.15, 0.2) is 0 Å². The number of aromatic nitrogens is 2. The maximum atomic E-state index is 11.1. The molecule has 0 amide bonds. The van der Waals surface area contributed by atoms with Gasteiger partial charge in [0.25, 0.3) is 0 Å². The quantitative estimate of drug-likeness (QED) is 0.936. The van der Waals surface area contributed by atoms with Crippen molar-refractivity contribution in [2.45, 2.75) is 19.3 Å². The lowest BCUT2D eigenvalue weighted by Gasteiger charge is -2.16. The van der Waals surface area contributed by atoms with E-state index in [1.165, 1.54) is 0 Å². The highest BCUT2D eigenvalue weighted by atomic mass is 16.5. The zero-order valence-electron chi connectivity index (χ0n) is 12.6. The number of nitrogens with zero attached hydrogens (tertiary/aromatic N) is 2. The van der Waals surface area contributed by atoms with Crippen LogP contribution in [0.2, 0.25) is 0 Å². The maximum absolute atomic E-state index is 11.1. The smallest absolute Gasteiger partial charge is 0.306 e. The molecule has 1 aromatic carbocycles. The van der Waals surface area contributed by atoms with Crippen LogP contribution in [0.5, 0.6) is 11.5 Å². The van der Waals surface area contributed by atoms with Crippen LogP contribution in [-0.2, 0) is 17.6 Å². The largest absolute Gasteiger partial charge is 0.497 e. The van der Waals surface area contributed by atoms with E-state index in [9.17, 15) is 4.79 Å². The Kier molecular flexibility index (Phi) is 3.75. The van der Waals surface area contributed by atoms with Crippen LogP contribution in [0.4, 0.5) is 0 Å². The lowest BCUT2D eigenvalue weighted by Crippen LogP contribution is -2.21. The van der Waals surface area contributed by atoms with Gasteiger partial charge in [-0.25, -0.2) is 4.68 Å². The first-order chi connectivity index (χ1) is 10.6. The van der Waals surface area contributed by atoms with Gasteiger partial charge in [-0.2, -0.15) is 5.10 Å². The van der Waals surface area contributed by atoms with Gasteiger partial charge >= 0.3 is 5.97 Å². The van der Waals surface area contributed by atoms with Crippen LogP contribution in [0.25, 0.3) is 5.69 Å². The Hall–Kier alpha value is -2.50. The number of methoxy groups -OCH3 is 2. The Labute approximate surface area is 128 Å². The van der Waals surface area contributed by atoms with Crippen molar-refractivity contribution in [3.05, 3.63) is 35.7 Å². The number of benzene rings is 1. The lowest BCUT2D eigenvalue weighted by molar-refractivity contribution is -0.142. The molecular formula is C16H18N2O4. The van der Waals surface area contributed by atoms with Gasteiger partial charge in [-0.3, -0.25) is 4.79 Å². The lowest BCUT2D eigenvalue weighted by atomic mass is 9.88. The summed E-state index contributed by atoms with van der Waals surface area (Å²) >= 11 is 0. The van der Waals surface area contributed by atoms with Gasteiger partial charge in [0.2, 0.25) is 0 Å². The zero-order chi connectivity index (χ0) is 15.7. The summed E-state index contributed by atoms with van der Waals surface area (Å²) < 4.78 is 12.3. The van der Waals surface area contributed by atoms with Gasteiger partial charge < -0.3 is 14.6 Å². The van der Waals surface area contributed by atoms with E-state index in [1.54, 1.807) is 25.0 Å². The maximum Gasteiger partial charge on any atom is 0.306 e. The van der Waals surface area contributed by atoms with Crippen LogP contribution in [-0.4, -0.2) is 35.1 Å². The molecule has 1 N–H and O–H groups in total. The van der Waals surface area contributed by atoms with Gasteiger partial charge in [0.1, 0.15) is 11.5 Å². The molecule has 0 bridgehead atoms. The van der Waals surface area contributed by atoms with Gasteiger partial charge in [-0.1, -0.05) is 0 Å². The highest BCUT2D eigenvalue weighted by Gasteiger charge is 2.26. The topological polar surface area (TPSA) is 73.6 Å². The van der Waals surface area contributed by atoms with Crippen molar-refractivity contribution in [1.82, 2.24) is 9.78 Å². The third-order valence-electron chi connectivity index (χ3n) is 4.02. The van der Waals surface area contributed by atoms with Crippen LogP contribution in [0, 0.1) is 5.92 Å². The van der Waals surface area contributed by atoms with Crippen molar-refractivity contribution in [2.75, 3.05) is 14.2 Å². The number of carbonyl (C=O) groups is 1. The zero-order valence-corrected chi connectivity index (χ0v) is 12.6. The standard InChI is InChI=1S/C16H18N2O4/c1-21-13-6-12(7-14(8-13)22-2)18-9-11-5-10(16(19)20)3-4-15(11)17-18/h6-10H,3-5H2,1-2H3,(H,19,20). The molecule has 1 heterocycles. The summed E-state index contributed by atoms with van der Waals surface area (Å²) in [5.74, 6) is 0.323. The fraction of sp³-hybridized carbons (Fsp3) is 0.375. The second-order valence-electron chi connectivity index (χ2n) is 5.39. The first-order valence-corrected chi connectivity index (χ1v) is 7.14. The second kappa shape index (κ2) is 5.71. The van der Waals surface area contributed by atoms with Crippen molar-refractivity contribution in [3.8, 4) is 17.2 Å². The number of fused-ring (bicyclic) bond motifs is 1. The molecule has 1 aliphatic rings. The number of aliphatic carboxylic acids is 1. The second-order valence-corrected chi connectivity index (χ2v) is 5.39. The molecule has 2 aromatic rings. The molecule has 0 saturated heterocycles. The van der Waals surface area contributed by atoms with E-state index in [0.29, 0.717) is 30.8 Å². The number of carboxylic acid groups (broad SMARTS) is 1. The summed E-state index contributed by atoms with van der Waals surface area (Å²) in [5, 5.41) is 13.7. The number of hydrogen-bond donors (Lipinski definition) is 1. The fourth-order valence-electron chi connectivity index (χ4n) is 2.77. The molecule has 3 rings (SSSR count). The third kappa shape index (κ3) is 2.64. The van der Waals surface area contributed by atoms with E-state index in [-0.39, 0.29) is 5.92 Å². The Morgan fingerprint density at radius 2 is 1.95 bits per heavy atom. The van der Waals surface area contributed by atoms with Gasteiger partial charge in [-0.15, -0.1) is 0 Å². The molecular weight excluding hydrogens is 284 g/mol. The molecule has 0 saturated carbocycles. The minimum absolute atomic E-state index is 0.315. The Morgan fingerprint density at radius 1 is 1.27 bits per heavy atom. The van der Waals surface area contributed by atoms with Gasteiger partial charge in [0, 0.05) is 24.4 Å². The molecule has 0 fully saturated rings. The molecule has 0 aliphatic heterocycles. The fourth-order valence-corrected chi connectivity index (χ4v) is 2.77. The first kappa shape index (κ1) is 14.4. The van der Waals surface area contributed by atoms with E-state index in [4.69, 9.17) is 14.6 Å². The average Bonchev–Trinajstić information content (AvgIpc) is 2.97. The number of rotatable bonds is 4. The van der Waals surface area contributed by atoms with Crippen LogP contribution in [0.3, 0.4) is 0 Å². The van der Waals surface area contributed by atoms with Crippen molar-refractivity contribution < 1.29 is 19.4 Å². The highest BCUT2D eigenvalue weighted by Crippen LogP contribution is 2.28. The normalized spacial score (nSPS) is 16.9. The van der Waals surface area contributed by atoms with Crippen LogP contribution in [0.15, 0.2) is 24.4 Å². The summed E-state index contributed by atoms with van der Waals surface area (Å²) in [6.45, 7) is 0. The number of aryl methyl sites for hydroxylation is 1. The number of hydrogen-bond acceptors (Lipinski definition) is 4. The van der Waals surface area contributed by atoms with Crippen LogP contribution >= 0.6 is 0 Å². The SMILES string of the molecule is COc1cc(OC)cc(-n2cc3c(n2)CCC(C(=O)O)C3)c1. The first-order valence-electron chi connectivity index (χ1n) is 7.14. The molecule has 0 spiro atoms.